The second kappa shape index (κ2) is 5.22. The Labute approximate surface area is 78.8 Å². The first-order chi connectivity index (χ1) is 6.25. The number of hydrogen-bond donors (Lipinski definition) is 2. The third-order valence-corrected chi connectivity index (χ3v) is 2.98. The lowest BCUT2D eigenvalue weighted by Crippen LogP contribution is -2.26. The lowest BCUT2D eigenvalue weighted by Gasteiger charge is -2.19. The van der Waals surface area contributed by atoms with E-state index in [9.17, 15) is 4.79 Å². The molecule has 1 unspecified atom stereocenters. The zero-order valence-electron chi connectivity index (χ0n) is 7.91. The van der Waals surface area contributed by atoms with E-state index in [1.807, 2.05) is 0 Å². The number of hydrogen-bond acceptors (Lipinski definition) is 2. The highest BCUT2D eigenvalue weighted by Crippen LogP contribution is 2.28. The van der Waals surface area contributed by atoms with E-state index in [0.717, 1.165) is 25.7 Å². The maximum absolute atomic E-state index is 10.8. The summed E-state index contributed by atoms with van der Waals surface area (Å²) in [6, 6.07) is 0. The van der Waals surface area contributed by atoms with Crippen LogP contribution in [0.5, 0.6) is 0 Å². The Morgan fingerprint density at radius 1 is 1.23 bits per heavy atom. The van der Waals surface area contributed by atoms with Crippen molar-refractivity contribution in [2.45, 2.75) is 38.5 Å². The summed E-state index contributed by atoms with van der Waals surface area (Å²) in [7, 11) is 0. The predicted molar refractivity (Wildman–Crippen MR) is 49.4 cm³/mol. The molecule has 3 heteroatoms. The standard InChI is InChI=1S/C10H18O3/c11-7-9(10(12)13)8-5-3-1-2-4-6-8/h8-9,11H,1-7H2,(H,12,13). The first-order valence-corrected chi connectivity index (χ1v) is 5.09. The zero-order valence-corrected chi connectivity index (χ0v) is 7.91. The van der Waals surface area contributed by atoms with Crippen LogP contribution in [0.1, 0.15) is 38.5 Å². The highest BCUT2D eigenvalue weighted by molar-refractivity contribution is 5.70. The molecular formula is C10H18O3. The van der Waals surface area contributed by atoms with Gasteiger partial charge in [0.05, 0.1) is 12.5 Å². The second-order valence-electron chi connectivity index (χ2n) is 3.88. The number of aliphatic hydroxyl groups is 1. The SMILES string of the molecule is O=C(O)C(CO)C1CCCCCC1. The number of carboxylic acids is 1. The van der Waals surface area contributed by atoms with Crippen LogP contribution < -0.4 is 0 Å². The molecule has 1 rings (SSSR count). The molecular weight excluding hydrogens is 168 g/mol. The van der Waals surface area contributed by atoms with Gasteiger partial charge in [-0.05, 0) is 18.8 Å². The number of aliphatic carboxylic acids is 1. The lowest BCUT2D eigenvalue weighted by atomic mass is 9.87. The van der Waals surface area contributed by atoms with Crippen molar-refractivity contribution in [2.75, 3.05) is 6.61 Å². The van der Waals surface area contributed by atoms with E-state index in [1.54, 1.807) is 0 Å². The Morgan fingerprint density at radius 3 is 2.15 bits per heavy atom. The lowest BCUT2D eigenvalue weighted by molar-refractivity contribution is -0.145. The van der Waals surface area contributed by atoms with Crippen molar-refractivity contribution < 1.29 is 15.0 Å². The van der Waals surface area contributed by atoms with Crippen LogP contribution in [0.25, 0.3) is 0 Å². The fourth-order valence-corrected chi connectivity index (χ4v) is 2.14. The van der Waals surface area contributed by atoms with Crippen LogP contribution in [0.4, 0.5) is 0 Å². The molecule has 1 fully saturated rings. The van der Waals surface area contributed by atoms with Crippen molar-refractivity contribution in [2.24, 2.45) is 11.8 Å². The summed E-state index contributed by atoms with van der Waals surface area (Å²) in [6.07, 6.45) is 6.61. The summed E-state index contributed by atoms with van der Waals surface area (Å²) in [5.41, 5.74) is 0. The quantitative estimate of drug-likeness (QED) is 0.659. The average Bonchev–Trinajstić information content (AvgIpc) is 2.33. The Bertz CT molecular complexity index is 160. The van der Waals surface area contributed by atoms with E-state index >= 15 is 0 Å². The molecule has 1 atom stereocenters. The van der Waals surface area contributed by atoms with Crippen LogP contribution in [-0.2, 0) is 4.79 Å². The molecule has 0 aromatic carbocycles. The topological polar surface area (TPSA) is 57.5 Å². The molecule has 0 amide bonds. The van der Waals surface area contributed by atoms with E-state index in [-0.39, 0.29) is 12.5 Å². The van der Waals surface area contributed by atoms with Crippen molar-refractivity contribution in [3.63, 3.8) is 0 Å². The van der Waals surface area contributed by atoms with E-state index in [2.05, 4.69) is 0 Å². The molecule has 3 nitrogen and oxygen atoms in total. The van der Waals surface area contributed by atoms with Crippen LogP contribution in [0.15, 0.2) is 0 Å². The maximum atomic E-state index is 10.8. The van der Waals surface area contributed by atoms with E-state index in [1.165, 1.54) is 12.8 Å². The zero-order chi connectivity index (χ0) is 9.68. The smallest absolute Gasteiger partial charge is 0.309 e. The monoisotopic (exact) mass is 186 g/mol. The van der Waals surface area contributed by atoms with E-state index in [4.69, 9.17) is 10.2 Å². The van der Waals surface area contributed by atoms with Gasteiger partial charge in [0.1, 0.15) is 0 Å². The summed E-state index contributed by atoms with van der Waals surface area (Å²) in [6.45, 7) is -0.208. The average molecular weight is 186 g/mol. The van der Waals surface area contributed by atoms with Crippen LogP contribution in [-0.4, -0.2) is 22.8 Å². The number of rotatable bonds is 3. The van der Waals surface area contributed by atoms with Crippen LogP contribution >= 0.6 is 0 Å². The van der Waals surface area contributed by atoms with Gasteiger partial charge in [-0.1, -0.05) is 25.7 Å². The Hall–Kier alpha value is -0.570. The Morgan fingerprint density at radius 2 is 1.77 bits per heavy atom. The van der Waals surface area contributed by atoms with Crippen molar-refractivity contribution in [1.29, 1.82) is 0 Å². The van der Waals surface area contributed by atoms with Gasteiger partial charge in [-0.3, -0.25) is 4.79 Å². The third kappa shape index (κ3) is 2.99. The molecule has 0 bridgehead atoms. The van der Waals surface area contributed by atoms with Gasteiger partial charge >= 0.3 is 5.97 Å². The normalized spacial score (nSPS) is 22.2. The summed E-state index contributed by atoms with van der Waals surface area (Å²) < 4.78 is 0. The highest BCUT2D eigenvalue weighted by atomic mass is 16.4. The molecule has 2 N–H and O–H groups in total. The van der Waals surface area contributed by atoms with Gasteiger partial charge in [-0.15, -0.1) is 0 Å². The number of aliphatic hydroxyl groups excluding tert-OH is 1. The molecule has 0 aliphatic heterocycles. The first-order valence-electron chi connectivity index (χ1n) is 5.09. The van der Waals surface area contributed by atoms with E-state index in [0.29, 0.717) is 0 Å². The first kappa shape index (κ1) is 10.5. The molecule has 0 saturated heterocycles. The van der Waals surface area contributed by atoms with Crippen LogP contribution in [0.3, 0.4) is 0 Å². The highest BCUT2D eigenvalue weighted by Gasteiger charge is 2.27. The van der Waals surface area contributed by atoms with Crippen LogP contribution in [0, 0.1) is 11.8 Å². The van der Waals surface area contributed by atoms with Crippen molar-refractivity contribution in [3.8, 4) is 0 Å². The number of carboxylic acid groups (broad SMARTS) is 1. The van der Waals surface area contributed by atoms with E-state index < -0.39 is 11.9 Å². The Balaban J connectivity index is 2.50. The van der Waals surface area contributed by atoms with Crippen molar-refractivity contribution in [1.82, 2.24) is 0 Å². The number of carbonyl (C=O) groups is 1. The summed E-state index contributed by atoms with van der Waals surface area (Å²) in [5.74, 6) is -1.17. The Kier molecular flexibility index (Phi) is 4.22. The summed E-state index contributed by atoms with van der Waals surface area (Å²) in [5, 5.41) is 17.8. The minimum Gasteiger partial charge on any atom is -0.481 e. The van der Waals surface area contributed by atoms with Gasteiger partial charge < -0.3 is 10.2 Å². The molecule has 0 heterocycles. The summed E-state index contributed by atoms with van der Waals surface area (Å²) in [4.78, 5) is 10.8. The second-order valence-corrected chi connectivity index (χ2v) is 3.88. The largest absolute Gasteiger partial charge is 0.481 e. The maximum Gasteiger partial charge on any atom is 0.309 e. The summed E-state index contributed by atoms with van der Waals surface area (Å²) >= 11 is 0. The van der Waals surface area contributed by atoms with Crippen LogP contribution in [0.2, 0.25) is 0 Å². The molecule has 0 aromatic rings. The van der Waals surface area contributed by atoms with Gasteiger partial charge in [0.15, 0.2) is 0 Å². The van der Waals surface area contributed by atoms with Crippen molar-refractivity contribution >= 4 is 5.97 Å². The van der Waals surface area contributed by atoms with Gasteiger partial charge in [0, 0.05) is 0 Å². The molecule has 76 valence electrons. The van der Waals surface area contributed by atoms with Gasteiger partial charge in [-0.25, -0.2) is 0 Å². The minimum atomic E-state index is -0.839. The molecule has 13 heavy (non-hydrogen) atoms. The predicted octanol–water partition coefficient (Wildman–Crippen LogP) is 1.65. The molecule has 1 aliphatic carbocycles. The third-order valence-electron chi connectivity index (χ3n) is 2.98. The van der Waals surface area contributed by atoms with Gasteiger partial charge in [0.25, 0.3) is 0 Å². The fraction of sp³-hybridized carbons (Fsp3) is 0.900. The van der Waals surface area contributed by atoms with Crippen molar-refractivity contribution in [3.05, 3.63) is 0 Å². The molecule has 1 aliphatic rings. The molecule has 0 aromatic heterocycles. The van der Waals surface area contributed by atoms with Gasteiger partial charge in [0.2, 0.25) is 0 Å². The molecule has 0 spiro atoms. The van der Waals surface area contributed by atoms with Gasteiger partial charge in [-0.2, -0.15) is 0 Å². The molecule has 1 saturated carbocycles. The minimum absolute atomic E-state index is 0.199. The molecule has 0 radical (unpaired) electrons. The fourth-order valence-electron chi connectivity index (χ4n) is 2.14.